The molecular weight excluding hydrogens is 234 g/mol. The first-order chi connectivity index (χ1) is 6.81. The van der Waals surface area contributed by atoms with E-state index in [2.05, 4.69) is 23.1 Å². The summed E-state index contributed by atoms with van der Waals surface area (Å²) >= 11 is 0.547. The van der Waals surface area contributed by atoms with Gasteiger partial charge in [-0.3, -0.25) is 4.98 Å². The standard InChI is InChI=1S/C6H7N.Cu.2N3/c1-6-4-2-3-5-7-6;;2*1-3-2/h2-5H,1H3;;;/q;+2;2*-1. The molecule has 0 saturated heterocycles. The van der Waals surface area contributed by atoms with Crippen LogP contribution in [0.5, 0.6) is 0 Å². The van der Waals surface area contributed by atoms with Gasteiger partial charge in [-0.05, 0) is 19.1 Å². The van der Waals surface area contributed by atoms with Crippen LogP contribution in [0.3, 0.4) is 0 Å². The third kappa shape index (κ3) is 8.39. The zero-order valence-electron chi connectivity index (χ0n) is 7.24. The fourth-order valence-electron chi connectivity index (χ4n) is 0.484. The molecule has 0 unspecified atom stereocenters. The van der Waals surface area contributed by atoms with E-state index in [4.69, 9.17) is 11.1 Å². The number of hydrogen-bond donors (Lipinski definition) is 0. The van der Waals surface area contributed by atoms with Crippen LogP contribution >= 0.6 is 0 Å². The van der Waals surface area contributed by atoms with Gasteiger partial charge in [-0.2, -0.15) is 0 Å². The Morgan fingerprint density at radius 2 is 1.93 bits per heavy atom. The van der Waals surface area contributed by atoms with Gasteiger partial charge in [-0.15, -0.1) is 0 Å². The normalized spacial score (nSPS) is 7.50. The number of pyridine rings is 1. The van der Waals surface area contributed by atoms with Crippen molar-refractivity contribution in [3.05, 3.63) is 51.0 Å². The molecule has 0 amide bonds. The second kappa shape index (κ2) is 9.38. The third-order valence-corrected chi connectivity index (χ3v) is 1.26. The van der Waals surface area contributed by atoms with Crippen LogP contribution in [0.15, 0.2) is 32.7 Å². The van der Waals surface area contributed by atoms with Gasteiger partial charge in [0.25, 0.3) is 0 Å². The molecule has 0 aromatic carbocycles. The number of hydrogen-bond acceptors (Lipinski definition) is 3. The Hall–Kier alpha value is -1.71. The van der Waals surface area contributed by atoms with Crippen molar-refractivity contribution in [3.8, 4) is 0 Å². The molecule has 0 saturated carbocycles. The molecule has 0 radical (unpaired) electrons. The SMILES string of the molecule is Cc1ccccn1.[N-]=[N+]=[N][Cu][N]=[N+]=[N-]. The monoisotopic (exact) mass is 240 g/mol. The zero-order chi connectivity index (χ0) is 10.6. The van der Waals surface area contributed by atoms with Gasteiger partial charge < -0.3 is 0 Å². The van der Waals surface area contributed by atoms with Crippen LogP contribution in [0, 0.1) is 6.92 Å². The van der Waals surface area contributed by atoms with Crippen LogP contribution in [0.4, 0.5) is 0 Å². The molecule has 0 aliphatic carbocycles. The minimum absolute atomic E-state index is 0.547. The van der Waals surface area contributed by atoms with Crippen molar-refractivity contribution in [1.82, 2.24) is 4.98 Å². The zero-order valence-corrected chi connectivity index (χ0v) is 8.18. The summed E-state index contributed by atoms with van der Waals surface area (Å²) < 4.78 is 5.66. The van der Waals surface area contributed by atoms with Crippen LogP contribution in [-0.4, -0.2) is 4.98 Å². The van der Waals surface area contributed by atoms with Gasteiger partial charge in [-0.1, -0.05) is 6.07 Å². The van der Waals surface area contributed by atoms with Crippen molar-refractivity contribution in [2.75, 3.05) is 0 Å². The summed E-state index contributed by atoms with van der Waals surface area (Å²) in [5, 5.41) is 0. The van der Waals surface area contributed by atoms with Crippen molar-refractivity contribution >= 4 is 0 Å². The number of rotatable bonds is 2. The first-order valence-corrected chi connectivity index (χ1v) is 4.18. The van der Waals surface area contributed by atoms with E-state index in [-0.39, 0.29) is 0 Å². The summed E-state index contributed by atoms with van der Waals surface area (Å²) in [4.78, 5) is 8.56. The Labute approximate surface area is 87.0 Å². The Balaban J connectivity index is 0.000000241. The first-order valence-electron chi connectivity index (χ1n) is 3.34. The van der Waals surface area contributed by atoms with Crippen LogP contribution in [0.25, 0.3) is 20.9 Å². The average molecular weight is 241 g/mol. The number of nitrogens with zero attached hydrogens (tertiary/aromatic N) is 7. The molecule has 0 atom stereocenters. The van der Waals surface area contributed by atoms with Crippen LogP contribution in [-0.2, 0) is 15.4 Å². The Morgan fingerprint density at radius 1 is 1.29 bits per heavy atom. The van der Waals surface area contributed by atoms with Gasteiger partial charge >= 0.3 is 44.5 Å². The van der Waals surface area contributed by atoms with Gasteiger partial charge in [0.2, 0.25) is 0 Å². The average Bonchev–Trinajstić information content (AvgIpc) is 2.21. The van der Waals surface area contributed by atoms with E-state index in [0.717, 1.165) is 5.69 Å². The van der Waals surface area contributed by atoms with Crippen molar-refractivity contribution in [1.29, 1.82) is 0 Å². The fraction of sp³-hybridized carbons (Fsp3) is 0.167. The summed E-state index contributed by atoms with van der Waals surface area (Å²) in [5.41, 5.74) is 16.2. The van der Waals surface area contributed by atoms with Crippen molar-refractivity contribution < 1.29 is 15.4 Å². The van der Waals surface area contributed by atoms with E-state index >= 15 is 0 Å². The van der Waals surface area contributed by atoms with E-state index in [1.807, 2.05) is 25.1 Å². The maximum atomic E-state index is 7.54. The molecule has 77 valence electrons. The van der Waals surface area contributed by atoms with Crippen LogP contribution in [0.1, 0.15) is 5.69 Å². The van der Waals surface area contributed by atoms with Crippen LogP contribution < -0.4 is 0 Å². The molecule has 0 aliphatic heterocycles. The second-order valence-electron chi connectivity index (χ2n) is 1.83. The van der Waals surface area contributed by atoms with Crippen molar-refractivity contribution in [2.45, 2.75) is 6.92 Å². The van der Waals surface area contributed by atoms with E-state index < -0.39 is 0 Å². The summed E-state index contributed by atoms with van der Waals surface area (Å²) in [6, 6.07) is 5.86. The molecule has 0 bridgehead atoms. The molecular formula is C6H7CuN7. The molecule has 7 nitrogen and oxygen atoms in total. The topological polar surface area (TPSA) is 110 Å². The maximum absolute atomic E-state index is 7.54. The Morgan fingerprint density at radius 3 is 2.21 bits per heavy atom. The van der Waals surface area contributed by atoms with Crippen LogP contribution in [0.2, 0.25) is 0 Å². The molecule has 1 aromatic heterocycles. The molecule has 1 heterocycles. The van der Waals surface area contributed by atoms with E-state index in [1.165, 1.54) is 0 Å². The van der Waals surface area contributed by atoms with Gasteiger partial charge in [0, 0.05) is 11.9 Å². The Bertz CT molecular complexity index is 322. The number of azide groups is 1. The quantitative estimate of drug-likeness (QED) is 0.337. The van der Waals surface area contributed by atoms with E-state index in [1.54, 1.807) is 6.20 Å². The molecule has 0 fully saturated rings. The summed E-state index contributed by atoms with van der Waals surface area (Å²) in [6.07, 6.45) is 1.79. The second-order valence-corrected chi connectivity index (χ2v) is 2.40. The summed E-state index contributed by atoms with van der Waals surface area (Å²) in [7, 11) is 0. The first kappa shape index (κ1) is 12.3. The Kier molecular flexibility index (Phi) is 8.23. The van der Waals surface area contributed by atoms with Crippen molar-refractivity contribution in [2.24, 2.45) is 8.26 Å². The molecule has 1 aromatic rings. The predicted octanol–water partition coefficient (Wildman–Crippen LogP) is 2.91. The van der Waals surface area contributed by atoms with E-state index in [9.17, 15) is 0 Å². The predicted molar refractivity (Wildman–Crippen MR) is 47.3 cm³/mol. The minimum atomic E-state index is 0.547. The fourth-order valence-corrected chi connectivity index (χ4v) is 0.597. The summed E-state index contributed by atoms with van der Waals surface area (Å²) in [5.74, 6) is 0. The van der Waals surface area contributed by atoms with Gasteiger partial charge in [0.05, 0.1) is 0 Å². The number of aryl methyl sites for hydroxylation is 1. The van der Waals surface area contributed by atoms with Gasteiger partial charge in [0.15, 0.2) is 0 Å². The molecule has 8 heteroatoms. The molecule has 14 heavy (non-hydrogen) atoms. The summed E-state index contributed by atoms with van der Waals surface area (Å²) in [6.45, 7) is 1.97. The van der Waals surface area contributed by atoms with E-state index in [0.29, 0.717) is 15.4 Å². The molecule has 0 aliphatic rings. The van der Waals surface area contributed by atoms with Gasteiger partial charge in [-0.25, -0.2) is 0 Å². The van der Waals surface area contributed by atoms with Crippen molar-refractivity contribution in [3.63, 3.8) is 0 Å². The third-order valence-electron chi connectivity index (χ3n) is 0.921. The molecule has 0 spiro atoms. The molecule has 1 rings (SSSR count). The number of aromatic nitrogens is 1. The molecule has 0 N–H and O–H groups in total. The van der Waals surface area contributed by atoms with Gasteiger partial charge in [0.1, 0.15) is 0 Å².